The molecule has 0 spiro atoms. The Morgan fingerprint density at radius 2 is 1.42 bits per heavy atom. The number of rotatable bonds is 7. The first-order valence-electron chi connectivity index (χ1n) is 12.6. The van der Waals surface area contributed by atoms with Crippen LogP contribution in [0.15, 0.2) is 102 Å². The number of amides is 2. The second-order valence-electron chi connectivity index (χ2n) is 9.27. The van der Waals surface area contributed by atoms with Gasteiger partial charge in [0.2, 0.25) is 11.8 Å². The van der Waals surface area contributed by atoms with Gasteiger partial charge in [0.1, 0.15) is 5.25 Å². The largest absolute Gasteiger partial charge is 0.326 e. The molecule has 0 aliphatic heterocycles. The van der Waals surface area contributed by atoms with Crippen molar-refractivity contribution >= 4 is 45.7 Å². The van der Waals surface area contributed by atoms with E-state index < -0.39 is 5.25 Å². The van der Waals surface area contributed by atoms with Crippen LogP contribution < -0.4 is 10.6 Å². The number of carbonyl (C=O) groups excluding carboxylic acids is 2. The second-order valence-corrected chi connectivity index (χ2v) is 10.5. The molecule has 5 heteroatoms. The highest BCUT2D eigenvalue weighted by molar-refractivity contribution is 8.00. The van der Waals surface area contributed by atoms with Gasteiger partial charge in [-0.05, 0) is 54.1 Å². The molecule has 0 heterocycles. The Kier molecular flexibility index (Phi) is 7.67. The van der Waals surface area contributed by atoms with E-state index in [4.69, 9.17) is 0 Å². The fraction of sp³-hybridized carbons (Fsp3) is 0.226. The van der Waals surface area contributed by atoms with Crippen LogP contribution in [0.2, 0.25) is 0 Å². The molecule has 4 aromatic rings. The third kappa shape index (κ3) is 5.80. The molecule has 1 fully saturated rings. The molecule has 1 aliphatic carbocycles. The molecular formula is C31H30N2O2S. The number of hydrogen-bond donors (Lipinski definition) is 2. The first-order valence-corrected chi connectivity index (χ1v) is 13.5. The van der Waals surface area contributed by atoms with Gasteiger partial charge >= 0.3 is 0 Å². The minimum atomic E-state index is -0.423. The van der Waals surface area contributed by atoms with Crippen molar-refractivity contribution in [3.63, 3.8) is 0 Å². The summed E-state index contributed by atoms with van der Waals surface area (Å²) in [5, 5.41) is 7.91. The lowest BCUT2D eigenvalue weighted by molar-refractivity contribution is -0.120. The van der Waals surface area contributed by atoms with Crippen molar-refractivity contribution in [1.29, 1.82) is 0 Å². The van der Waals surface area contributed by atoms with E-state index in [0.29, 0.717) is 0 Å². The van der Waals surface area contributed by atoms with Gasteiger partial charge in [0.25, 0.3) is 0 Å². The summed E-state index contributed by atoms with van der Waals surface area (Å²) in [5.41, 5.74) is 2.54. The minimum absolute atomic E-state index is 0.0720. The molecule has 182 valence electrons. The topological polar surface area (TPSA) is 58.2 Å². The molecule has 0 aromatic heterocycles. The number of hydrogen-bond acceptors (Lipinski definition) is 3. The highest BCUT2D eigenvalue weighted by atomic mass is 32.2. The third-order valence-electron chi connectivity index (χ3n) is 6.74. The number of carbonyl (C=O) groups is 2. The van der Waals surface area contributed by atoms with Crippen molar-refractivity contribution in [2.24, 2.45) is 5.92 Å². The van der Waals surface area contributed by atoms with Crippen molar-refractivity contribution in [2.75, 3.05) is 10.6 Å². The van der Waals surface area contributed by atoms with E-state index in [1.54, 1.807) is 0 Å². The SMILES string of the molecule is O=C(Nc1ccc(SC(C(=O)Nc2cccc3ccccc23)c2ccccc2)cc1)C1CCCCC1. The van der Waals surface area contributed by atoms with E-state index in [2.05, 4.69) is 10.6 Å². The molecule has 4 aromatic carbocycles. The molecule has 0 saturated heterocycles. The van der Waals surface area contributed by atoms with Crippen LogP contribution in [0.25, 0.3) is 10.8 Å². The van der Waals surface area contributed by atoms with Crippen LogP contribution in [0, 0.1) is 5.92 Å². The van der Waals surface area contributed by atoms with Gasteiger partial charge in [-0.3, -0.25) is 9.59 Å². The van der Waals surface area contributed by atoms with E-state index in [0.717, 1.165) is 58.3 Å². The fourth-order valence-electron chi connectivity index (χ4n) is 4.80. The Bertz CT molecular complexity index is 1330. The average Bonchev–Trinajstić information content (AvgIpc) is 2.93. The Morgan fingerprint density at radius 3 is 2.19 bits per heavy atom. The van der Waals surface area contributed by atoms with Crippen LogP contribution in [-0.2, 0) is 9.59 Å². The second kappa shape index (κ2) is 11.4. The maximum atomic E-state index is 13.6. The third-order valence-corrected chi connectivity index (χ3v) is 8.01. The first kappa shape index (κ1) is 24.1. The number of nitrogens with one attached hydrogen (secondary N) is 2. The number of thioether (sulfide) groups is 1. The summed E-state index contributed by atoms with van der Waals surface area (Å²) in [5.74, 6) is 0.164. The Hall–Kier alpha value is -3.57. The zero-order valence-corrected chi connectivity index (χ0v) is 21.0. The van der Waals surface area contributed by atoms with Crippen LogP contribution in [0.5, 0.6) is 0 Å². The van der Waals surface area contributed by atoms with Gasteiger partial charge in [-0.25, -0.2) is 0 Å². The monoisotopic (exact) mass is 494 g/mol. The molecule has 0 bridgehead atoms. The fourth-order valence-corrected chi connectivity index (χ4v) is 5.82. The van der Waals surface area contributed by atoms with Gasteiger partial charge in [0.15, 0.2) is 0 Å². The summed E-state index contributed by atoms with van der Waals surface area (Å²) < 4.78 is 0. The van der Waals surface area contributed by atoms with Gasteiger partial charge in [-0.1, -0.05) is 86.0 Å². The molecule has 1 unspecified atom stereocenters. The van der Waals surface area contributed by atoms with Crippen molar-refractivity contribution in [2.45, 2.75) is 42.2 Å². The summed E-state index contributed by atoms with van der Waals surface area (Å²) in [6.45, 7) is 0. The van der Waals surface area contributed by atoms with Crippen LogP contribution in [-0.4, -0.2) is 11.8 Å². The summed E-state index contributed by atoms with van der Waals surface area (Å²) >= 11 is 1.51. The van der Waals surface area contributed by atoms with Crippen LogP contribution >= 0.6 is 11.8 Å². The predicted molar refractivity (Wildman–Crippen MR) is 149 cm³/mol. The van der Waals surface area contributed by atoms with Crippen molar-refractivity contribution in [3.8, 4) is 0 Å². The molecule has 2 amide bonds. The van der Waals surface area contributed by atoms with Crippen LogP contribution in [0.1, 0.15) is 42.9 Å². The van der Waals surface area contributed by atoms with E-state index in [1.807, 2.05) is 97.1 Å². The van der Waals surface area contributed by atoms with Crippen molar-refractivity contribution in [1.82, 2.24) is 0 Å². The van der Waals surface area contributed by atoms with E-state index in [9.17, 15) is 9.59 Å². The lowest BCUT2D eigenvalue weighted by Crippen LogP contribution is -2.24. The van der Waals surface area contributed by atoms with Gasteiger partial charge in [0, 0.05) is 27.6 Å². The predicted octanol–water partition coefficient (Wildman–Crippen LogP) is 7.83. The van der Waals surface area contributed by atoms with E-state index in [1.165, 1.54) is 18.2 Å². The van der Waals surface area contributed by atoms with Crippen LogP contribution in [0.4, 0.5) is 11.4 Å². The quantitative estimate of drug-likeness (QED) is 0.257. The molecular weight excluding hydrogens is 464 g/mol. The highest BCUT2D eigenvalue weighted by Gasteiger charge is 2.24. The average molecular weight is 495 g/mol. The number of anilines is 2. The molecule has 1 atom stereocenters. The molecule has 4 nitrogen and oxygen atoms in total. The summed E-state index contributed by atoms with van der Waals surface area (Å²) in [4.78, 5) is 27.1. The standard InChI is InChI=1S/C31H30N2O2S/c34-30(24-13-5-2-6-14-24)32-25-18-20-26(21-19-25)36-29(23-11-3-1-4-12-23)31(35)33-28-17-9-15-22-10-7-8-16-27(22)28/h1,3-4,7-12,15-21,24,29H,2,5-6,13-14H2,(H,32,34)(H,33,35). The zero-order chi connectivity index (χ0) is 24.7. The summed E-state index contributed by atoms with van der Waals surface area (Å²) in [7, 11) is 0. The number of benzene rings is 4. The zero-order valence-electron chi connectivity index (χ0n) is 20.2. The Morgan fingerprint density at radius 1 is 0.722 bits per heavy atom. The summed E-state index contributed by atoms with van der Waals surface area (Å²) in [6, 6.07) is 31.6. The molecule has 1 aliphatic rings. The smallest absolute Gasteiger partial charge is 0.242 e. The van der Waals surface area contributed by atoms with Crippen molar-refractivity contribution < 1.29 is 9.59 Å². The minimum Gasteiger partial charge on any atom is -0.326 e. The Labute approximate surface area is 216 Å². The molecule has 1 saturated carbocycles. The molecule has 0 radical (unpaired) electrons. The summed E-state index contributed by atoms with van der Waals surface area (Å²) in [6.07, 6.45) is 5.45. The van der Waals surface area contributed by atoms with Gasteiger partial charge in [0.05, 0.1) is 0 Å². The molecule has 2 N–H and O–H groups in total. The van der Waals surface area contributed by atoms with E-state index in [-0.39, 0.29) is 17.7 Å². The molecule has 36 heavy (non-hydrogen) atoms. The lowest BCUT2D eigenvalue weighted by atomic mass is 9.88. The molecule has 5 rings (SSSR count). The van der Waals surface area contributed by atoms with Crippen molar-refractivity contribution in [3.05, 3.63) is 103 Å². The first-order chi connectivity index (χ1) is 17.7. The number of fused-ring (bicyclic) bond motifs is 1. The maximum absolute atomic E-state index is 13.6. The lowest BCUT2D eigenvalue weighted by Gasteiger charge is -2.21. The van der Waals surface area contributed by atoms with Gasteiger partial charge in [-0.2, -0.15) is 0 Å². The van der Waals surface area contributed by atoms with Gasteiger partial charge in [-0.15, -0.1) is 11.8 Å². The maximum Gasteiger partial charge on any atom is 0.242 e. The highest BCUT2D eigenvalue weighted by Crippen LogP contribution is 2.37. The van der Waals surface area contributed by atoms with Crippen LogP contribution in [0.3, 0.4) is 0 Å². The van der Waals surface area contributed by atoms with Gasteiger partial charge < -0.3 is 10.6 Å². The Balaban J connectivity index is 1.32. The van der Waals surface area contributed by atoms with E-state index >= 15 is 0 Å². The normalized spacial score (nSPS) is 14.8.